The summed E-state index contributed by atoms with van der Waals surface area (Å²) >= 11 is 1.30. The minimum Gasteiger partial charge on any atom is -1.00 e. The molecule has 0 amide bonds. The molecular weight excluding hydrogens is 378 g/mol. The SMILES string of the molecule is CC(C)c1cccc2c1C=CC2[c-]1cccc1.[CH2]=[Zr+2].[Cl-].[Cl-]. The molecule has 2 aromatic carbocycles. The second-order valence-electron chi connectivity index (χ2n) is 5.06. The van der Waals surface area contributed by atoms with Gasteiger partial charge in [0.05, 0.1) is 0 Å². The van der Waals surface area contributed by atoms with Crippen LogP contribution in [0.25, 0.3) is 6.08 Å². The first kappa shape index (κ1) is 20.6. The summed E-state index contributed by atoms with van der Waals surface area (Å²) in [5.74, 6) is 1.05. The van der Waals surface area contributed by atoms with Crippen LogP contribution in [0, 0.1) is 0 Å². The van der Waals surface area contributed by atoms with Gasteiger partial charge in [0.2, 0.25) is 0 Å². The Morgan fingerprint density at radius 2 is 1.67 bits per heavy atom. The summed E-state index contributed by atoms with van der Waals surface area (Å²) in [6.07, 6.45) is 4.62. The van der Waals surface area contributed by atoms with Crippen molar-refractivity contribution in [3.63, 3.8) is 0 Å². The third kappa shape index (κ3) is 4.32. The van der Waals surface area contributed by atoms with Crippen LogP contribution >= 0.6 is 0 Å². The molecule has 21 heavy (non-hydrogen) atoms. The van der Waals surface area contributed by atoms with Crippen molar-refractivity contribution in [1.82, 2.24) is 0 Å². The molecular formula is C18H19Cl2Zr-. The number of allylic oxidation sites excluding steroid dienone is 1. The second kappa shape index (κ2) is 9.62. The Bertz CT molecular complexity index is 571. The molecule has 0 aromatic heterocycles. The van der Waals surface area contributed by atoms with Gasteiger partial charge < -0.3 is 24.8 Å². The predicted octanol–water partition coefficient (Wildman–Crippen LogP) is -1.34. The average molecular weight is 397 g/mol. The molecule has 1 atom stereocenters. The molecule has 0 bridgehead atoms. The summed E-state index contributed by atoms with van der Waals surface area (Å²) in [5.41, 5.74) is 5.77. The van der Waals surface area contributed by atoms with Gasteiger partial charge in [-0.15, -0.1) is 5.56 Å². The summed E-state index contributed by atoms with van der Waals surface area (Å²) in [5, 5.41) is 0. The molecule has 3 rings (SSSR count). The number of halogens is 2. The van der Waals surface area contributed by atoms with Crippen LogP contribution in [0.15, 0.2) is 48.5 Å². The van der Waals surface area contributed by atoms with E-state index in [2.05, 4.69) is 72.7 Å². The number of fused-ring (bicyclic) bond motifs is 1. The maximum absolute atomic E-state index is 3.34. The number of hydrogen-bond acceptors (Lipinski definition) is 0. The van der Waals surface area contributed by atoms with Gasteiger partial charge in [0.15, 0.2) is 0 Å². The Kier molecular flexibility index (Phi) is 9.45. The van der Waals surface area contributed by atoms with Gasteiger partial charge in [-0.25, -0.2) is 12.1 Å². The Labute approximate surface area is 155 Å². The van der Waals surface area contributed by atoms with Crippen molar-refractivity contribution in [1.29, 1.82) is 0 Å². The summed E-state index contributed by atoms with van der Waals surface area (Å²) in [6.45, 7) is 4.53. The number of hydrogen-bond donors (Lipinski definition) is 0. The third-order valence-electron chi connectivity index (χ3n) is 3.63. The van der Waals surface area contributed by atoms with Gasteiger partial charge in [-0.3, -0.25) is 0 Å². The first-order chi connectivity index (χ1) is 9.27. The van der Waals surface area contributed by atoms with Gasteiger partial charge in [0, 0.05) is 0 Å². The van der Waals surface area contributed by atoms with Crippen molar-refractivity contribution in [3.8, 4) is 0 Å². The van der Waals surface area contributed by atoms with Crippen molar-refractivity contribution >= 4 is 10.3 Å². The molecule has 0 saturated carbocycles. The Hall–Kier alpha value is -0.357. The van der Waals surface area contributed by atoms with E-state index in [4.69, 9.17) is 0 Å². The second-order valence-corrected chi connectivity index (χ2v) is 5.06. The Balaban J connectivity index is 0.000000961. The van der Waals surface area contributed by atoms with Crippen molar-refractivity contribution in [2.24, 2.45) is 0 Å². The molecule has 110 valence electrons. The van der Waals surface area contributed by atoms with Crippen molar-refractivity contribution in [3.05, 3.63) is 70.8 Å². The Morgan fingerprint density at radius 1 is 1.05 bits per heavy atom. The van der Waals surface area contributed by atoms with Crippen LogP contribution in [-0.2, 0) is 24.2 Å². The normalized spacial score (nSPS) is 14.6. The minimum atomic E-state index is 0. The summed E-state index contributed by atoms with van der Waals surface area (Å²) < 4.78 is 3.34. The zero-order valence-electron chi connectivity index (χ0n) is 12.3. The molecule has 0 nitrogen and oxygen atoms in total. The van der Waals surface area contributed by atoms with E-state index in [-0.39, 0.29) is 24.8 Å². The predicted molar refractivity (Wildman–Crippen MR) is 80.6 cm³/mol. The number of rotatable bonds is 2. The molecule has 1 aliphatic rings. The van der Waals surface area contributed by atoms with E-state index in [1.54, 1.807) is 0 Å². The molecule has 3 heteroatoms. The largest absolute Gasteiger partial charge is 1.00 e. The summed E-state index contributed by atoms with van der Waals surface area (Å²) in [4.78, 5) is 0. The zero-order valence-corrected chi connectivity index (χ0v) is 16.3. The molecule has 0 aliphatic heterocycles. The zero-order chi connectivity index (χ0) is 13.8. The summed E-state index contributed by atoms with van der Waals surface area (Å²) in [7, 11) is 0. The fraction of sp³-hybridized carbons (Fsp3) is 0.222. The summed E-state index contributed by atoms with van der Waals surface area (Å²) in [6, 6.07) is 15.4. The van der Waals surface area contributed by atoms with Crippen molar-refractivity contribution in [2.45, 2.75) is 25.7 Å². The van der Waals surface area contributed by atoms with Gasteiger partial charge >= 0.3 is 28.4 Å². The molecule has 0 spiro atoms. The van der Waals surface area contributed by atoms with Gasteiger partial charge in [-0.2, -0.15) is 12.1 Å². The van der Waals surface area contributed by atoms with Crippen molar-refractivity contribution in [2.75, 3.05) is 0 Å². The Morgan fingerprint density at radius 3 is 2.24 bits per heavy atom. The van der Waals surface area contributed by atoms with E-state index >= 15 is 0 Å². The quantitative estimate of drug-likeness (QED) is 0.551. The van der Waals surface area contributed by atoms with E-state index in [9.17, 15) is 0 Å². The molecule has 2 aromatic rings. The fourth-order valence-corrected chi connectivity index (χ4v) is 2.75. The first-order valence-corrected chi connectivity index (χ1v) is 8.39. The molecule has 1 unspecified atom stereocenters. The standard InChI is InChI=1S/C17H17.CH2.2ClH.Zr/c1-12(2)14-8-5-9-16-15(10-11-17(14)16)13-6-3-4-7-13;;;;/h3-12,15H,1-2H3;1H2;2*1H;/q-1;;;;+2/p-2. The van der Waals surface area contributed by atoms with Crippen LogP contribution in [0.5, 0.6) is 0 Å². The maximum atomic E-state index is 3.34. The van der Waals surface area contributed by atoms with Crippen LogP contribution in [0.3, 0.4) is 0 Å². The van der Waals surface area contributed by atoms with E-state index in [1.165, 1.54) is 46.5 Å². The molecule has 0 radical (unpaired) electrons. The van der Waals surface area contributed by atoms with Gasteiger partial charge in [0.1, 0.15) is 0 Å². The van der Waals surface area contributed by atoms with Gasteiger partial charge in [-0.1, -0.05) is 44.2 Å². The van der Waals surface area contributed by atoms with Gasteiger partial charge in [-0.05, 0) is 28.5 Å². The van der Waals surface area contributed by atoms with Gasteiger partial charge in [0.25, 0.3) is 0 Å². The monoisotopic (exact) mass is 395 g/mol. The van der Waals surface area contributed by atoms with Crippen LogP contribution in [-0.4, -0.2) is 4.21 Å². The van der Waals surface area contributed by atoms with Crippen LogP contribution in [0.2, 0.25) is 0 Å². The topological polar surface area (TPSA) is 0 Å². The van der Waals surface area contributed by atoms with E-state index in [0.717, 1.165) is 0 Å². The molecule has 0 saturated heterocycles. The smallest absolute Gasteiger partial charge is 1.00 e. The average Bonchev–Trinajstić information content (AvgIpc) is 3.08. The van der Waals surface area contributed by atoms with Crippen LogP contribution in [0.4, 0.5) is 0 Å². The number of benzene rings is 1. The minimum absolute atomic E-state index is 0. The fourth-order valence-electron chi connectivity index (χ4n) is 2.75. The molecule has 0 heterocycles. The van der Waals surface area contributed by atoms with E-state index < -0.39 is 0 Å². The van der Waals surface area contributed by atoms with E-state index in [1.807, 2.05) is 0 Å². The first-order valence-electron chi connectivity index (χ1n) is 6.65. The van der Waals surface area contributed by atoms with E-state index in [0.29, 0.717) is 11.8 Å². The van der Waals surface area contributed by atoms with Crippen molar-refractivity contribution < 1.29 is 49.0 Å². The van der Waals surface area contributed by atoms with Crippen LogP contribution in [0.1, 0.15) is 47.9 Å². The molecule has 0 N–H and O–H groups in total. The molecule has 1 aliphatic carbocycles. The molecule has 0 fully saturated rings. The van der Waals surface area contributed by atoms with Crippen LogP contribution < -0.4 is 24.8 Å². The maximum Gasteiger partial charge on any atom is -1.00 e. The third-order valence-corrected chi connectivity index (χ3v) is 3.63.